The molecule has 0 aromatic carbocycles. The molecule has 0 unspecified atom stereocenters. The van der Waals surface area contributed by atoms with Gasteiger partial charge in [0.25, 0.3) is 5.56 Å². The number of fused-ring (bicyclic) bond motifs is 1. The summed E-state index contributed by atoms with van der Waals surface area (Å²) in [6.45, 7) is 6.41. The number of aryl methyl sites for hydroxylation is 1. The second-order valence-electron chi connectivity index (χ2n) is 7.04. The normalized spacial score (nSPS) is 12.7. The largest absolute Gasteiger partial charge is 0.451 e. The minimum atomic E-state index is -0.176. The zero-order chi connectivity index (χ0) is 21.8. The van der Waals surface area contributed by atoms with Crippen LogP contribution in [0.5, 0.6) is 0 Å². The highest BCUT2D eigenvalue weighted by Gasteiger charge is 2.20. The smallest absolute Gasteiger partial charge is 0.291 e. The second-order valence-corrected chi connectivity index (χ2v) is 8.15. The summed E-state index contributed by atoms with van der Waals surface area (Å²) in [6.07, 6.45) is 8.93. The summed E-state index contributed by atoms with van der Waals surface area (Å²) in [6, 6.07) is 0. The van der Waals surface area contributed by atoms with Crippen LogP contribution in [0.25, 0.3) is 10.9 Å². The van der Waals surface area contributed by atoms with E-state index in [2.05, 4.69) is 23.9 Å². The third-order valence-corrected chi connectivity index (χ3v) is 6.56. The zero-order valence-electron chi connectivity index (χ0n) is 17.6. The van der Waals surface area contributed by atoms with Gasteiger partial charge in [-0.15, -0.1) is 0 Å². The highest BCUT2D eigenvalue weighted by molar-refractivity contribution is 8.03. The number of nitrogens with zero attached hydrogens (tertiary/aromatic N) is 4. The Hall–Kier alpha value is -3.07. The Morgan fingerprint density at radius 2 is 2.20 bits per heavy atom. The standard InChI is InChI=1S/C21H26N6O2S/c1-5-13(2)18(8-15(23)6-7-22)30-20-14(3)26(4)19-17(20)9-25-27(21(19)28)10-16-11-29-12-24-16/h6-7,9,11-12,23H,5,8,10,22H2,1-4H3/b7-6-,18-13-,23-15?. The first-order valence-electron chi connectivity index (χ1n) is 9.61. The molecule has 0 amide bonds. The molecule has 0 atom stereocenters. The summed E-state index contributed by atoms with van der Waals surface area (Å²) in [5, 5.41) is 13.3. The summed E-state index contributed by atoms with van der Waals surface area (Å²) in [5.74, 6) is 0. The summed E-state index contributed by atoms with van der Waals surface area (Å²) in [7, 11) is 1.89. The molecule has 8 nitrogen and oxygen atoms in total. The van der Waals surface area contributed by atoms with E-state index in [0.717, 1.165) is 27.3 Å². The van der Waals surface area contributed by atoms with Crippen molar-refractivity contribution in [3.05, 3.63) is 63.3 Å². The van der Waals surface area contributed by atoms with Gasteiger partial charge in [-0.3, -0.25) is 4.79 Å². The maximum Gasteiger partial charge on any atom is 0.291 e. The minimum Gasteiger partial charge on any atom is -0.451 e. The lowest BCUT2D eigenvalue weighted by molar-refractivity contribution is 0.553. The number of thioether (sulfide) groups is 1. The molecular formula is C21H26N6O2S. The molecule has 0 aliphatic carbocycles. The Morgan fingerprint density at radius 1 is 1.43 bits per heavy atom. The number of aromatic nitrogens is 4. The van der Waals surface area contributed by atoms with Crippen LogP contribution < -0.4 is 11.3 Å². The number of oxazole rings is 1. The molecule has 3 aromatic rings. The van der Waals surface area contributed by atoms with Crippen molar-refractivity contribution in [1.29, 1.82) is 5.41 Å². The molecule has 0 bridgehead atoms. The fourth-order valence-electron chi connectivity index (χ4n) is 3.14. The zero-order valence-corrected chi connectivity index (χ0v) is 18.4. The molecule has 9 heteroatoms. The van der Waals surface area contributed by atoms with Gasteiger partial charge in [-0.1, -0.05) is 24.3 Å². The molecule has 0 radical (unpaired) electrons. The van der Waals surface area contributed by atoms with E-state index >= 15 is 0 Å². The Morgan fingerprint density at radius 3 is 2.83 bits per heavy atom. The quantitative estimate of drug-likeness (QED) is 0.419. The lowest BCUT2D eigenvalue weighted by Gasteiger charge is -2.11. The molecule has 3 heterocycles. The third-order valence-electron chi connectivity index (χ3n) is 5.11. The van der Waals surface area contributed by atoms with E-state index in [1.165, 1.54) is 29.1 Å². The van der Waals surface area contributed by atoms with E-state index in [4.69, 9.17) is 15.6 Å². The first kappa shape index (κ1) is 21.6. The topological polar surface area (TPSA) is 116 Å². The molecular weight excluding hydrogens is 400 g/mol. The van der Waals surface area contributed by atoms with Gasteiger partial charge in [-0.2, -0.15) is 5.10 Å². The van der Waals surface area contributed by atoms with Crippen molar-refractivity contribution in [3.63, 3.8) is 0 Å². The van der Waals surface area contributed by atoms with E-state index in [1.807, 2.05) is 18.5 Å². The lowest BCUT2D eigenvalue weighted by atomic mass is 10.1. The van der Waals surface area contributed by atoms with Crippen LogP contribution in [-0.4, -0.2) is 25.0 Å². The molecule has 3 aromatic heterocycles. The Balaban J connectivity index is 2.06. The SMILES string of the molecule is CC/C(C)=C(/CC(=N)/C=C\N)Sc1c(C)n(C)c2c(=O)n(Cc3cocn3)ncc12. The van der Waals surface area contributed by atoms with E-state index in [-0.39, 0.29) is 12.1 Å². The maximum absolute atomic E-state index is 13.1. The summed E-state index contributed by atoms with van der Waals surface area (Å²) < 4.78 is 8.29. The molecule has 30 heavy (non-hydrogen) atoms. The molecule has 0 spiro atoms. The van der Waals surface area contributed by atoms with Gasteiger partial charge in [0.2, 0.25) is 0 Å². The van der Waals surface area contributed by atoms with Crippen LogP contribution in [0.15, 0.2) is 55.7 Å². The molecule has 0 aliphatic heterocycles. The van der Waals surface area contributed by atoms with Crippen molar-refractivity contribution < 1.29 is 4.42 Å². The van der Waals surface area contributed by atoms with Crippen LogP contribution in [0, 0.1) is 12.3 Å². The number of nitrogens with one attached hydrogen (secondary N) is 1. The molecule has 158 valence electrons. The van der Waals surface area contributed by atoms with Crippen LogP contribution in [0.3, 0.4) is 0 Å². The van der Waals surface area contributed by atoms with Gasteiger partial charge in [0.15, 0.2) is 6.39 Å². The molecule has 0 aliphatic rings. The predicted octanol–water partition coefficient (Wildman–Crippen LogP) is 3.74. The number of rotatable bonds is 8. The first-order valence-corrected chi connectivity index (χ1v) is 10.4. The summed E-state index contributed by atoms with van der Waals surface area (Å²) in [5.41, 5.74) is 9.14. The highest BCUT2D eigenvalue weighted by Crippen LogP contribution is 2.39. The summed E-state index contributed by atoms with van der Waals surface area (Å²) in [4.78, 5) is 19.3. The number of hydrogen-bond donors (Lipinski definition) is 2. The van der Waals surface area contributed by atoms with Gasteiger partial charge < -0.3 is 20.1 Å². The molecule has 3 N–H and O–H groups in total. The Kier molecular flexibility index (Phi) is 6.61. The van der Waals surface area contributed by atoms with Crippen molar-refractivity contribution in [1.82, 2.24) is 19.3 Å². The van der Waals surface area contributed by atoms with E-state index in [1.54, 1.807) is 24.0 Å². The molecule has 0 saturated heterocycles. The fraction of sp³-hybridized carbons (Fsp3) is 0.333. The first-order chi connectivity index (χ1) is 14.4. The highest BCUT2D eigenvalue weighted by atomic mass is 32.2. The minimum absolute atomic E-state index is 0.176. The van der Waals surface area contributed by atoms with Crippen LogP contribution in [0.4, 0.5) is 0 Å². The molecule has 0 fully saturated rings. The lowest BCUT2D eigenvalue weighted by Crippen LogP contribution is -2.24. The predicted molar refractivity (Wildman–Crippen MR) is 120 cm³/mol. The number of nitrogens with two attached hydrogens (primary N) is 1. The van der Waals surface area contributed by atoms with E-state index in [9.17, 15) is 4.79 Å². The molecule has 3 rings (SSSR count). The Labute approximate surface area is 179 Å². The van der Waals surface area contributed by atoms with E-state index in [0.29, 0.717) is 23.3 Å². The van der Waals surface area contributed by atoms with E-state index < -0.39 is 0 Å². The number of allylic oxidation sites excluding steroid dienone is 3. The van der Waals surface area contributed by atoms with Gasteiger partial charge in [-0.25, -0.2) is 9.67 Å². The number of hydrogen-bond acceptors (Lipinski definition) is 7. The van der Waals surface area contributed by atoms with Crippen LogP contribution in [-0.2, 0) is 13.6 Å². The third kappa shape index (κ3) is 4.25. The van der Waals surface area contributed by atoms with Crippen molar-refractivity contribution in [2.75, 3.05) is 0 Å². The van der Waals surface area contributed by atoms with Gasteiger partial charge in [0, 0.05) is 35.2 Å². The van der Waals surface area contributed by atoms with Crippen LogP contribution in [0.2, 0.25) is 0 Å². The van der Waals surface area contributed by atoms with Gasteiger partial charge in [0.1, 0.15) is 17.5 Å². The maximum atomic E-state index is 13.1. The van der Waals surface area contributed by atoms with Crippen LogP contribution in [0.1, 0.15) is 38.1 Å². The van der Waals surface area contributed by atoms with Crippen molar-refractivity contribution >= 4 is 28.4 Å². The van der Waals surface area contributed by atoms with Crippen molar-refractivity contribution in [2.24, 2.45) is 12.8 Å². The second kappa shape index (κ2) is 9.17. The average Bonchev–Trinajstić information content (AvgIpc) is 3.31. The summed E-state index contributed by atoms with van der Waals surface area (Å²) >= 11 is 1.60. The van der Waals surface area contributed by atoms with Gasteiger partial charge in [0.05, 0.1) is 12.7 Å². The van der Waals surface area contributed by atoms with Crippen molar-refractivity contribution in [3.8, 4) is 0 Å². The van der Waals surface area contributed by atoms with Gasteiger partial charge >= 0.3 is 0 Å². The monoisotopic (exact) mass is 426 g/mol. The Bertz CT molecular complexity index is 1180. The van der Waals surface area contributed by atoms with Crippen LogP contribution >= 0.6 is 11.8 Å². The van der Waals surface area contributed by atoms with Crippen molar-refractivity contribution in [2.45, 2.75) is 45.1 Å². The molecule has 0 saturated carbocycles. The fourth-order valence-corrected chi connectivity index (χ4v) is 4.47. The average molecular weight is 427 g/mol. The van der Waals surface area contributed by atoms with Gasteiger partial charge in [-0.05, 0) is 37.4 Å².